The van der Waals surface area contributed by atoms with Crippen LogP contribution in [0, 0.1) is 0 Å². The normalized spacial score (nSPS) is 17.3. The van der Waals surface area contributed by atoms with Crippen molar-refractivity contribution in [1.29, 1.82) is 0 Å². The van der Waals surface area contributed by atoms with Gasteiger partial charge in [-0.2, -0.15) is 0 Å². The van der Waals surface area contributed by atoms with E-state index in [4.69, 9.17) is 0 Å². The summed E-state index contributed by atoms with van der Waals surface area (Å²) in [4.78, 5) is 0. The average Bonchev–Trinajstić information content (AvgIpc) is 3.70. The molecule has 6 rings (SSSR count). The van der Waals surface area contributed by atoms with Crippen molar-refractivity contribution in [2.24, 2.45) is 0 Å². The quantitative estimate of drug-likeness (QED) is 0.156. The van der Waals surface area contributed by atoms with Crippen molar-refractivity contribution in [2.75, 3.05) is 0 Å². The third-order valence-corrected chi connectivity index (χ3v) is 41.3. The molecule has 0 spiro atoms. The van der Waals surface area contributed by atoms with E-state index in [1.54, 1.807) is 14.4 Å². The van der Waals surface area contributed by atoms with Crippen molar-refractivity contribution in [3.8, 4) is 22.3 Å². The molecule has 2 aliphatic rings. The van der Waals surface area contributed by atoms with Gasteiger partial charge in [-0.1, -0.05) is 0 Å². The van der Waals surface area contributed by atoms with Gasteiger partial charge in [-0.25, -0.2) is 0 Å². The van der Waals surface area contributed by atoms with Crippen LogP contribution in [0.4, 0.5) is 0 Å². The summed E-state index contributed by atoms with van der Waals surface area (Å²) in [7, 11) is 0. The molecule has 0 nitrogen and oxygen atoms in total. The third kappa shape index (κ3) is 5.77. The summed E-state index contributed by atoms with van der Waals surface area (Å²) in [6, 6.07) is 28.9. The second kappa shape index (κ2) is 12.8. The van der Waals surface area contributed by atoms with Crippen molar-refractivity contribution in [3.05, 3.63) is 129 Å². The van der Waals surface area contributed by atoms with Crippen LogP contribution in [-0.2, 0) is 18.0 Å². The minimum atomic E-state index is -3.98. The van der Waals surface area contributed by atoms with E-state index in [0.29, 0.717) is 31.0 Å². The van der Waals surface area contributed by atoms with Gasteiger partial charge in [0.05, 0.1) is 0 Å². The van der Waals surface area contributed by atoms with Crippen molar-refractivity contribution >= 4 is 15.4 Å². The fourth-order valence-corrected chi connectivity index (χ4v) is 28.0. The Morgan fingerprint density at radius 2 is 0.833 bits per heavy atom. The second-order valence-electron chi connectivity index (χ2n) is 17.3. The molecule has 0 N–H and O–H groups in total. The summed E-state index contributed by atoms with van der Waals surface area (Å²) < 4.78 is 8.11. The summed E-state index contributed by atoms with van der Waals surface area (Å²) in [6.45, 7) is 23.5. The second-order valence-corrected chi connectivity index (χ2v) is 44.1. The monoisotopic (exact) mass is 802 g/mol. The summed E-state index contributed by atoms with van der Waals surface area (Å²) in [5.74, 6) is 2.01. The first kappa shape index (κ1) is 34.9. The topological polar surface area (TPSA) is 0 Å². The number of benzene rings is 4. The molecular formula is C47H58Hf. The van der Waals surface area contributed by atoms with Gasteiger partial charge < -0.3 is 0 Å². The predicted octanol–water partition coefficient (Wildman–Crippen LogP) is 14.3. The Morgan fingerprint density at radius 1 is 0.500 bits per heavy atom. The Labute approximate surface area is 293 Å². The van der Waals surface area contributed by atoms with E-state index < -0.39 is 18.0 Å². The number of rotatable bonds is 8. The van der Waals surface area contributed by atoms with Crippen LogP contribution in [0.2, 0.25) is 9.36 Å². The molecule has 0 aromatic heterocycles. The summed E-state index contributed by atoms with van der Waals surface area (Å²) in [6.07, 6.45) is 10.2. The fraction of sp³-hybridized carbons (Fsp3) is 0.383. The van der Waals surface area contributed by atoms with E-state index in [9.17, 15) is 0 Å². The molecule has 0 saturated carbocycles. The zero-order valence-corrected chi connectivity index (χ0v) is 35.3. The molecule has 0 saturated heterocycles. The zero-order chi connectivity index (χ0) is 34.7. The van der Waals surface area contributed by atoms with Gasteiger partial charge in [0.2, 0.25) is 0 Å². The fourth-order valence-electron chi connectivity index (χ4n) is 8.54. The van der Waals surface area contributed by atoms with E-state index in [1.165, 1.54) is 55.6 Å². The molecule has 0 aliphatic heterocycles. The van der Waals surface area contributed by atoms with Gasteiger partial charge in [-0.05, 0) is 0 Å². The number of hydrogen-bond donors (Lipinski definition) is 0. The summed E-state index contributed by atoms with van der Waals surface area (Å²) in [5, 5.41) is 0. The molecule has 48 heavy (non-hydrogen) atoms. The van der Waals surface area contributed by atoms with E-state index in [-0.39, 0.29) is 0 Å². The SMILES string of the molecule is C[C](C)=[Hf]([CH3])([CH3])([CH]1C=Cc2c(-c3cc(C(C)C)cc(C(C)C)c3)cccc21)[CH]1C=Cc2c(-c3cc(C(C)C)cc(C(C)C)c3)cccc21. The maximum absolute atomic E-state index is 3.98. The Kier molecular flexibility index (Phi) is 9.30. The molecule has 250 valence electrons. The van der Waals surface area contributed by atoms with Crippen LogP contribution in [0.15, 0.2) is 84.9 Å². The molecule has 4 aromatic carbocycles. The van der Waals surface area contributed by atoms with Gasteiger partial charge >= 0.3 is 295 Å². The van der Waals surface area contributed by atoms with Crippen LogP contribution in [0.1, 0.15) is 145 Å². The molecule has 0 fully saturated rings. The summed E-state index contributed by atoms with van der Waals surface area (Å²) in [5.41, 5.74) is 17.2. The minimum absolute atomic E-state index is 0.459. The van der Waals surface area contributed by atoms with Crippen LogP contribution < -0.4 is 0 Å². The molecule has 0 radical (unpaired) electrons. The van der Waals surface area contributed by atoms with Gasteiger partial charge in [0.25, 0.3) is 0 Å². The number of hydrogen-bond acceptors (Lipinski definition) is 0. The molecule has 0 heterocycles. The molecule has 1 heteroatoms. The first-order chi connectivity index (χ1) is 22.6. The molecule has 0 amide bonds. The van der Waals surface area contributed by atoms with Crippen LogP contribution >= 0.6 is 0 Å². The molecule has 0 bridgehead atoms. The Balaban J connectivity index is 1.49. The van der Waals surface area contributed by atoms with E-state index in [0.717, 1.165) is 0 Å². The van der Waals surface area contributed by atoms with Gasteiger partial charge in [-0.15, -0.1) is 0 Å². The van der Waals surface area contributed by atoms with Crippen LogP contribution in [0.25, 0.3) is 34.4 Å². The predicted molar refractivity (Wildman–Crippen MR) is 212 cm³/mol. The van der Waals surface area contributed by atoms with Crippen molar-refractivity contribution in [3.63, 3.8) is 0 Å². The number of allylic oxidation sites excluding steroid dienone is 2. The van der Waals surface area contributed by atoms with Crippen molar-refractivity contribution < 1.29 is 18.0 Å². The van der Waals surface area contributed by atoms with E-state index in [1.807, 2.05) is 0 Å². The Bertz CT molecular complexity index is 1820. The first-order valence-electron chi connectivity index (χ1n) is 18.5. The van der Waals surface area contributed by atoms with Crippen molar-refractivity contribution in [1.82, 2.24) is 0 Å². The maximum atomic E-state index is 2.76. The standard InChI is InChI=1S/2C21H23.C3H6.2CH3.Hf/c2*1-14(2)17-11-18(15(3)4)13-19(12-17)21-10-6-8-16-7-5-9-20(16)21;1-3-2;;;/h2*5-15H,1-4H3;1-2H3;2*1H3;. The molecular weight excluding hydrogens is 743 g/mol. The van der Waals surface area contributed by atoms with Gasteiger partial charge in [-0.3, -0.25) is 0 Å². The van der Waals surface area contributed by atoms with Gasteiger partial charge in [0, 0.05) is 0 Å². The Hall–Kier alpha value is -2.90. The molecule has 2 aliphatic carbocycles. The first-order valence-corrected chi connectivity index (χ1v) is 31.7. The molecule has 2 atom stereocenters. The molecule has 2 unspecified atom stereocenters. The third-order valence-electron chi connectivity index (χ3n) is 12.6. The van der Waals surface area contributed by atoms with Crippen LogP contribution in [0.5, 0.6) is 0 Å². The van der Waals surface area contributed by atoms with E-state index in [2.05, 4.69) is 176 Å². The average molecular weight is 801 g/mol. The number of fused-ring (bicyclic) bond motifs is 2. The van der Waals surface area contributed by atoms with Crippen LogP contribution in [-0.4, -0.2) is 3.26 Å². The van der Waals surface area contributed by atoms with Gasteiger partial charge in [0.1, 0.15) is 0 Å². The molecule has 4 aromatic rings. The summed E-state index contributed by atoms with van der Waals surface area (Å²) >= 11 is -3.98. The Morgan fingerprint density at radius 3 is 1.12 bits per heavy atom. The zero-order valence-electron chi connectivity index (χ0n) is 31.7. The van der Waals surface area contributed by atoms with Crippen LogP contribution in [0.3, 0.4) is 0 Å². The van der Waals surface area contributed by atoms with E-state index >= 15 is 0 Å². The van der Waals surface area contributed by atoms with Crippen molar-refractivity contribution in [2.45, 2.75) is 110 Å². The van der Waals surface area contributed by atoms with Gasteiger partial charge in [0.15, 0.2) is 0 Å².